The molecule has 1 aromatic heterocycles. The fraction of sp³-hybridized carbons (Fsp3) is 0.333. The monoisotopic (exact) mass is 279 g/mol. The molecule has 1 aliphatic rings. The number of nitrogens with one attached hydrogen (secondary N) is 1. The first-order valence-corrected chi connectivity index (χ1v) is 5.34. The van der Waals surface area contributed by atoms with Crippen LogP contribution in [0.4, 0.5) is 0 Å². The average molecular weight is 280 g/mol. The van der Waals surface area contributed by atoms with Gasteiger partial charge in [-0.15, -0.1) is 0 Å². The van der Waals surface area contributed by atoms with Crippen LogP contribution in [0.2, 0.25) is 5.15 Å². The molecule has 0 spiro atoms. The van der Waals surface area contributed by atoms with E-state index in [1.165, 1.54) is 0 Å². The molecule has 0 bridgehead atoms. The van der Waals surface area contributed by atoms with Gasteiger partial charge in [-0.25, -0.2) is 20.1 Å². The summed E-state index contributed by atoms with van der Waals surface area (Å²) in [7, 11) is 0. The molecule has 0 aliphatic carbocycles. The van der Waals surface area contributed by atoms with Crippen molar-refractivity contribution in [3.63, 3.8) is 0 Å². The van der Waals surface area contributed by atoms with E-state index in [1.54, 1.807) is 17.2 Å². The van der Waals surface area contributed by atoms with E-state index in [-0.39, 0.29) is 35.5 Å². The molecular formula is C9H11ClN5NaO2. The van der Waals surface area contributed by atoms with Gasteiger partial charge in [-0.3, -0.25) is 0 Å². The maximum atomic E-state index is 10.4. The molecule has 7 nitrogen and oxygen atoms in total. The third kappa shape index (κ3) is 4.09. The van der Waals surface area contributed by atoms with E-state index < -0.39 is 5.03 Å². The van der Waals surface area contributed by atoms with Crippen LogP contribution >= 0.6 is 11.6 Å². The molecule has 0 fully saturated rings. The van der Waals surface area contributed by atoms with E-state index in [4.69, 9.17) is 11.6 Å². The minimum atomic E-state index is -0.614. The van der Waals surface area contributed by atoms with Gasteiger partial charge in [0.1, 0.15) is 5.15 Å². The zero-order chi connectivity index (χ0) is 12.3. The van der Waals surface area contributed by atoms with Crippen molar-refractivity contribution in [1.82, 2.24) is 15.3 Å². The normalized spacial score (nSPS) is 13.8. The number of hydrogen-bond donors (Lipinski definition) is 1. The van der Waals surface area contributed by atoms with Crippen molar-refractivity contribution in [2.45, 2.75) is 6.54 Å². The van der Waals surface area contributed by atoms with E-state index in [0.29, 0.717) is 24.8 Å². The summed E-state index contributed by atoms with van der Waals surface area (Å²) in [6, 6.07) is 3.52. The van der Waals surface area contributed by atoms with Gasteiger partial charge in [0.05, 0.1) is 6.54 Å². The van der Waals surface area contributed by atoms with Crippen LogP contribution in [-0.2, 0) is 6.54 Å². The van der Waals surface area contributed by atoms with Crippen LogP contribution in [0, 0.1) is 10.1 Å². The number of aromatic nitrogens is 1. The molecule has 0 saturated heterocycles. The van der Waals surface area contributed by atoms with Gasteiger partial charge < -0.3 is 4.90 Å². The summed E-state index contributed by atoms with van der Waals surface area (Å²) in [4.78, 5) is 20.1. The van der Waals surface area contributed by atoms with Crippen LogP contribution < -0.4 is 5.43 Å². The van der Waals surface area contributed by atoms with Gasteiger partial charge in [0, 0.05) is 19.3 Å². The minimum absolute atomic E-state index is 0. The van der Waals surface area contributed by atoms with Crippen molar-refractivity contribution in [3.8, 4) is 0 Å². The number of pyridine rings is 1. The molecule has 0 radical (unpaired) electrons. The van der Waals surface area contributed by atoms with Crippen molar-refractivity contribution >= 4 is 47.1 Å². The molecule has 0 aromatic carbocycles. The number of nitro groups is 1. The standard InChI is InChI=1S/C9H10ClN5O2.Na.H/c10-8-2-1-7(5-12-8)6-14-4-3-11-9(14)13-15(16)17;;/h1-2,5H,3-4,6H2,(H,11,13);;. The molecule has 9 heteroatoms. The SMILES string of the molecule is O=[N+]([O-])NC1=NCCN1Cc1ccc(Cl)nc1.[NaH]. The second-order valence-corrected chi connectivity index (χ2v) is 3.87. The van der Waals surface area contributed by atoms with E-state index in [0.717, 1.165) is 5.56 Å². The van der Waals surface area contributed by atoms with E-state index in [1.807, 2.05) is 6.07 Å². The van der Waals surface area contributed by atoms with Crippen LogP contribution in [-0.4, -0.2) is 63.5 Å². The van der Waals surface area contributed by atoms with Crippen LogP contribution in [0.15, 0.2) is 23.3 Å². The Bertz CT molecular complexity index is 453. The van der Waals surface area contributed by atoms with Crippen molar-refractivity contribution in [1.29, 1.82) is 0 Å². The Labute approximate surface area is 131 Å². The third-order valence-corrected chi connectivity index (χ3v) is 2.51. The molecule has 1 aromatic rings. The van der Waals surface area contributed by atoms with E-state index in [2.05, 4.69) is 15.4 Å². The van der Waals surface area contributed by atoms with Crippen LogP contribution in [0.25, 0.3) is 0 Å². The number of aliphatic imine (C=N–C) groups is 1. The number of halogens is 1. The zero-order valence-electron chi connectivity index (χ0n) is 8.84. The van der Waals surface area contributed by atoms with Crippen LogP contribution in [0.1, 0.15) is 5.56 Å². The predicted molar refractivity (Wildman–Crippen MR) is 69.2 cm³/mol. The van der Waals surface area contributed by atoms with Gasteiger partial charge in [-0.1, -0.05) is 23.1 Å². The topological polar surface area (TPSA) is 83.7 Å². The third-order valence-electron chi connectivity index (χ3n) is 2.28. The number of hydrazine groups is 1. The number of guanidine groups is 1. The summed E-state index contributed by atoms with van der Waals surface area (Å²) in [5.74, 6) is 0.282. The number of nitrogens with zero attached hydrogens (tertiary/aromatic N) is 4. The van der Waals surface area contributed by atoms with Crippen molar-refractivity contribution in [2.75, 3.05) is 13.1 Å². The first kappa shape index (κ1) is 15.2. The molecule has 92 valence electrons. The molecule has 2 heterocycles. The molecular weight excluding hydrogens is 269 g/mol. The first-order valence-electron chi connectivity index (χ1n) is 4.96. The Hall–Kier alpha value is -0.890. The second-order valence-electron chi connectivity index (χ2n) is 3.48. The quantitative estimate of drug-likeness (QED) is 0.365. The molecule has 0 saturated carbocycles. The predicted octanol–water partition coefficient (Wildman–Crippen LogP) is 0.0394. The zero-order valence-corrected chi connectivity index (χ0v) is 9.59. The van der Waals surface area contributed by atoms with Gasteiger partial charge in [0.2, 0.25) is 0 Å². The van der Waals surface area contributed by atoms with Gasteiger partial charge in [0.25, 0.3) is 5.96 Å². The van der Waals surface area contributed by atoms with Crippen molar-refractivity contribution < 1.29 is 5.03 Å². The Morgan fingerprint density at radius 1 is 1.56 bits per heavy atom. The Kier molecular flexibility index (Phi) is 5.80. The molecule has 1 aliphatic heterocycles. The number of hydrogen-bond acceptors (Lipinski definition) is 5. The van der Waals surface area contributed by atoms with Crippen molar-refractivity contribution in [3.05, 3.63) is 39.2 Å². The van der Waals surface area contributed by atoms with Gasteiger partial charge in [-0.05, 0) is 11.6 Å². The Morgan fingerprint density at radius 2 is 2.33 bits per heavy atom. The molecule has 1 N–H and O–H groups in total. The summed E-state index contributed by atoms with van der Waals surface area (Å²) in [6.45, 7) is 1.72. The summed E-state index contributed by atoms with van der Waals surface area (Å²) in [6.07, 6.45) is 1.64. The molecule has 18 heavy (non-hydrogen) atoms. The fourth-order valence-corrected chi connectivity index (χ4v) is 1.66. The molecule has 0 atom stereocenters. The van der Waals surface area contributed by atoms with Gasteiger partial charge in [-0.2, -0.15) is 0 Å². The summed E-state index contributed by atoms with van der Waals surface area (Å²) >= 11 is 5.68. The summed E-state index contributed by atoms with van der Waals surface area (Å²) < 4.78 is 0. The Morgan fingerprint density at radius 3 is 2.94 bits per heavy atom. The van der Waals surface area contributed by atoms with Crippen LogP contribution in [0.3, 0.4) is 0 Å². The molecule has 0 unspecified atom stereocenters. The molecule has 0 amide bonds. The van der Waals surface area contributed by atoms with Gasteiger partial charge in [0.15, 0.2) is 5.03 Å². The van der Waals surface area contributed by atoms with Crippen molar-refractivity contribution in [2.24, 2.45) is 4.99 Å². The van der Waals surface area contributed by atoms with E-state index in [9.17, 15) is 10.1 Å². The molecule has 2 rings (SSSR count). The fourth-order valence-electron chi connectivity index (χ4n) is 1.54. The van der Waals surface area contributed by atoms with Crippen LogP contribution in [0.5, 0.6) is 0 Å². The van der Waals surface area contributed by atoms with Gasteiger partial charge >= 0.3 is 29.6 Å². The van der Waals surface area contributed by atoms with E-state index >= 15 is 0 Å². The summed E-state index contributed by atoms with van der Waals surface area (Å²) in [5.41, 5.74) is 3.00. The number of rotatable bonds is 3. The first-order chi connectivity index (χ1) is 8.15. The summed E-state index contributed by atoms with van der Waals surface area (Å²) in [5, 5.41) is 10.2. The average Bonchev–Trinajstić information content (AvgIpc) is 2.68. The Balaban J connectivity index is 0.00000162. The maximum absolute atomic E-state index is 10.4. The second kappa shape index (κ2) is 6.89.